The van der Waals surface area contributed by atoms with Crippen molar-refractivity contribution in [3.63, 3.8) is 0 Å². The van der Waals surface area contributed by atoms with Crippen LogP contribution in [-0.4, -0.2) is 43.1 Å². The monoisotopic (exact) mass is 505 g/mol. The van der Waals surface area contributed by atoms with E-state index in [4.69, 9.17) is 4.74 Å². The van der Waals surface area contributed by atoms with Crippen LogP contribution < -0.4 is 0 Å². The molecule has 38 heavy (non-hydrogen) atoms. The Bertz CT molecular complexity index is 1580. The highest BCUT2D eigenvalue weighted by molar-refractivity contribution is 5.90. The first-order valence-electron chi connectivity index (χ1n) is 13.0. The van der Waals surface area contributed by atoms with Crippen LogP contribution in [0.15, 0.2) is 79.4 Å². The number of nitrogens with zero attached hydrogens (tertiary/aromatic N) is 3. The number of rotatable bonds is 4. The number of benzene rings is 3. The van der Waals surface area contributed by atoms with Crippen LogP contribution in [0.4, 0.5) is 4.79 Å². The fourth-order valence-electron chi connectivity index (χ4n) is 5.09. The van der Waals surface area contributed by atoms with E-state index in [0.717, 1.165) is 46.6 Å². The van der Waals surface area contributed by atoms with E-state index in [-0.39, 0.29) is 12.1 Å². The molecule has 1 aliphatic rings. The van der Waals surface area contributed by atoms with E-state index in [1.54, 1.807) is 11.2 Å². The Hall–Kier alpha value is -4.39. The molecule has 1 fully saturated rings. The second-order valence-electron chi connectivity index (χ2n) is 10.8. The SMILES string of the molecule is CC(C)(C)OC(=O)N1CCCC1c1ncc(-c2ccc3cc(-c4ccc(-c5cnc[nH]5)cc4)ccc3c2)[nH]1. The zero-order valence-corrected chi connectivity index (χ0v) is 21.9. The number of hydrogen-bond acceptors (Lipinski definition) is 4. The van der Waals surface area contributed by atoms with Gasteiger partial charge in [-0.1, -0.05) is 48.5 Å². The first kappa shape index (κ1) is 24.0. The van der Waals surface area contributed by atoms with E-state index in [0.29, 0.717) is 6.54 Å². The third kappa shape index (κ3) is 4.79. The lowest BCUT2D eigenvalue weighted by Crippen LogP contribution is -2.36. The summed E-state index contributed by atoms with van der Waals surface area (Å²) in [6, 6.07) is 21.4. The molecular formula is C31H31N5O2. The Morgan fingerprint density at radius 3 is 2.29 bits per heavy atom. The fourth-order valence-corrected chi connectivity index (χ4v) is 5.09. The molecule has 1 aliphatic heterocycles. The van der Waals surface area contributed by atoms with Gasteiger partial charge in [-0.3, -0.25) is 4.90 Å². The highest BCUT2D eigenvalue weighted by atomic mass is 16.6. The standard InChI is InChI=1S/C31H31N5O2/c1-31(2,3)38-30(37)36-14-4-5-28(36)29-33-18-27(35-29)25-13-12-23-15-22(10-11-24(23)16-25)20-6-8-21(9-7-20)26-17-32-19-34-26/h6-13,15-19,28H,4-5,14H2,1-3H3,(H,32,34)(H,33,35). The van der Waals surface area contributed by atoms with Crippen molar-refractivity contribution in [1.82, 2.24) is 24.8 Å². The molecular weight excluding hydrogens is 474 g/mol. The first-order chi connectivity index (χ1) is 18.3. The topological polar surface area (TPSA) is 86.9 Å². The van der Waals surface area contributed by atoms with Crippen LogP contribution in [0.5, 0.6) is 0 Å². The molecule has 0 spiro atoms. The lowest BCUT2D eigenvalue weighted by molar-refractivity contribution is 0.0218. The number of fused-ring (bicyclic) bond motifs is 1. The molecule has 0 saturated carbocycles. The van der Waals surface area contributed by atoms with E-state index >= 15 is 0 Å². The van der Waals surface area contributed by atoms with Gasteiger partial charge in [0.2, 0.25) is 0 Å². The number of amides is 1. The Labute approximate surface area is 221 Å². The maximum Gasteiger partial charge on any atom is 0.410 e. The number of imidazole rings is 2. The summed E-state index contributed by atoms with van der Waals surface area (Å²) in [4.78, 5) is 29.9. The lowest BCUT2D eigenvalue weighted by Gasteiger charge is -2.27. The Morgan fingerprint density at radius 2 is 1.58 bits per heavy atom. The Morgan fingerprint density at radius 1 is 0.895 bits per heavy atom. The van der Waals surface area contributed by atoms with Crippen LogP contribution in [0.2, 0.25) is 0 Å². The summed E-state index contributed by atoms with van der Waals surface area (Å²) >= 11 is 0. The summed E-state index contributed by atoms with van der Waals surface area (Å²) in [5.74, 6) is 0.803. The van der Waals surface area contributed by atoms with Crippen molar-refractivity contribution < 1.29 is 9.53 Å². The predicted molar refractivity (Wildman–Crippen MR) is 149 cm³/mol. The van der Waals surface area contributed by atoms with E-state index in [9.17, 15) is 4.79 Å². The number of likely N-dealkylation sites (tertiary alicyclic amines) is 1. The van der Waals surface area contributed by atoms with Crippen molar-refractivity contribution in [2.45, 2.75) is 45.3 Å². The molecule has 7 heteroatoms. The van der Waals surface area contributed by atoms with E-state index in [1.165, 1.54) is 16.5 Å². The molecule has 0 bridgehead atoms. The van der Waals surface area contributed by atoms with Crippen LogP contribution in [0.1, 0.15) is 45.5 Å². The van der Waals surface area contributed by atoms with Gasteiger partial charge >= 0.3 is 6.09 Å². The number of nitrogens with one attached hydrogen (secondary N) is 2. The number of carbonyl (C=O) groups is 1. The van der Waals surface area contributed by atoms with Gasteiger partial charge in [0.05, 0.1) is 36.2 Å². The molecule has 1 unspecified atom stereocenters. The highest BCUT2D eigenvalue weighted by Gasteiger charge is 2.34. The first-order valence-corrected chi connectivity index (χ1v) is 13.0. The second kappa shape index (κ2) is 9.49. The molecule has 2 aromatic heterocycles. The van der Waals surface area contributed by atoms with E-state index in [1.807, 2.05) is 33.2 Å². The molecule has 7 nitrogen and oxygen atoms in total. The predicted octanol–water partition coefficient (Wildman–Crippen LogP) is 7.36. The van der Waals surface area contributed by atoms with Crippen LogP contribution >= 0.6 is 0 Å². The molecule has 3 heterocycles. The Balaban J connectivity index is 1.22. The van der Waals surface area contributed by atoms with Gasteiger partial charge in [0.1, 0.15) is 11.4 Å². The van der Waals surface area contributed by atoms with Gasteiger partial charge in [0.25, 0.3) is 0 Å². The molecule has 1 atom stereocenters. The largest absolute Gasteiger partial charge is 0.444 e. The molecule has 3 aromatic carbocycles. The summed E-state index contributed by atoms with van der Waals surface area (Å²) in [5.41, 5.74) is 5.95. The normalized spacial score (nSPS) is 15.8. The third-order valence-corrected chi connectivity index (χ3v) is 6.97. The number of aromatic amines is 2. The number of carbonyl (C=O) groups excluding carboxylic acids is 1. The third-order valence-electron chi connectivity index (χ3n) is 6.97. The van der Waals surface area contributed by atoms with Crippen molar-refractivity contribution in [3.05, 3.63) is 85.2 Å². The quantitative estimate of drug-likeness (QED) is 0.267. The molecule has 6 rings (SSSR count). The molecule has 192 valence electrons. The summed E-state index contributed by atoms with van der Waals surface area (Å²) in [7, 11) is 0. The Kier molecular flexibility index (Phi) is 5.98. The van der Waals surface area contributed by atoms with Gasteiger partial charge in [-0.15, -0.1) is 0 Å². The summed E-state index contributed by atoms with van der Waals surface area (Å²) in [6.45, 7) is 6.35. The van der Waals surface area contributed by atoms with Gasteiger partial charge in [-0.25, -0.2) is 14.8 Å². The molecule has 1 amide bonds. The van der Waals surface area contributed by atoms with Crippen molar-refractivity contribution in [3.8, 4) is 33.6 Å². The minimum Gasteiger partial charge on any atom is -0.444 e. The smallest absolute Gasteiger partial charge is 0.410 e. The van der Waals surface area contributed by atoms with E-state index < -0.39 is 5.60 Å². The average molecular weight is 506 g/mol. The van der Waals surface area contributed by atoms with Crippen molar-refractivity contribution >= 4 is 16.9 Å². The van der Waals surface area contributed by atoms with Gasteiger partial charge in [0.15, 0.2) is 0 Å². The number of H-pyrrole nitrogens is 2. The van der Waals surface area contributed by atoms with Gasteiger partial charge < -0.3 is 14.7 Å². The zero-order chi connectivity index (χ0) is 26.3. The molecule has 2 N–H and O–H groups in total. The van der Waals surface area contributed by atoms with Gasteiger partial charge in [-0.05, 0) is 73.2 Å². The van der Waals surface area contributed by atoms with Crippen molar-refractivity contribution in [2.75, 3.05) is 6.54 Å². The minimum atomic E-state index is -0.521. The average Bonchev–Trinajstić information content (AvgIpc) is 3.68. The maximum absolute atomic E-state index is 12.7. The lowest BCUT2D eigenvalue weighted by atomic mass is 9.98. The summed E-state index contributed by atoms with van der Waals surface area (Å²) in [6.07, 6.45) is 6.90. The maximum atomic E-state index is 12.7. The zero-order valence-electron chi connectivity index (χ0n) is 21.9. The minimum absolute atomic E-state index is 0.0960. The van der Waals surface area contributed by atoms with Crippen LogP contribution in [0, 0.1) is 0 Å². The summed E-state index contributed by atoms with van der Waals surface area (Å²) < 4.78 is 5.62. The highest BCUT2D eigenvalue weighted by Crippen LogP contribution is 2.34. The van der Waals surface area contributed by atoms with E-state index in [2.05, 4.69) is 80.6 Å². The number of hydrogen-bond donors (Lipinski definition) is 2. The molecule has 5 aromatic rings. The van der Waals surface area contributed by atoms with Gasteiger partial charge in [-0.2, -0.15) is 0 Å². The number of aromatic nitrogens is 4. The molecule has 0 radical (unpaired) electrons. The number of ether oxygens (including phenoxy) is 1. The van der Waals surface area contributed by atoms with Gasteiger partial charge in [0, 0.05) is 12.1 Å². The van der Waals surface area contributed by atoms with Crippen LogP contribution in [0.3, 0.4) is 0 Å². The van der Waals surface area contributed by atoms with Crippen LogP contribution in [0.25, 0.3) is 44.4 Å². The molecule has 1 saturated heterocycles. The van der Waals surface area contributed by atoms with Crippen molar-refractivity contribution in [1.29, 1.82) is 0 Å². The van der Waals surface area contributed by atoms with Crippen LogP contribution in [-0.2, 0) is 4.74 Å². The fraction of sp³-hybridized carbons (Fsp3) is 0.258. The molecule has 0 aliphatic carbocycles. The van der Waals surface area contributed by atoms with Crippen molar-refractivity contribution in [2.24, 2.45) is 0 Å². The second-order valence-corrected chi connectivity index (χ2v) is 10.8. The summed E-state index contributed by atoms with van der Waals surface area (Å²) in [5, 5.41) is 2.34.